The van der Waals surface area contributed by atoms with Gasteiger partial charge in [-0.2, -0.15) is 0 Å². The van der Waals surface area contributed by atoms with Crippen molar-refractivity contribution in [1.29, 1.82) is 0 Å². The Morgan fingerprint density at radius 2 is 0.737 bits per heavy atom. The quantitative estimate of drug-likeness (QED) is 0.268. The molecule has 0 radical (unpaired) electrons. The maximum absolute atomic E-state index is 9.03. The fourth-order valence-corrected chi connectivity index (χ4v) is 1.06. The molecule has 0 aliphatic rings. The Labute approximate surface area is 124 Å². The van der Waals surface area contributed by atoms with E-state index in [-0.39, 0.29) is 38.0 Å². The predicted molar refractivity (Wildman–Crippen MR) is 72.7 cm³/mol. The second-order valence-electron chi connectivity index (χ2n) is 4.44. The van der Waals surface area contributed by atoms with Crippen molar-refractivity contribution in [2.24, 2.45) is 10.8 Å². The molecule has 19 heavy (non-hydrogen) atoms. The van der Waals surface area contributed by atoms with Crippen molar-refractivity contribution < 1.29 is 35.4 Å². The van der Waals surface area contributed by atoms with Crippen molar-refractivity contribution in [2.45, 2.75) is 0 Å². The number of hydrogen-bond acceptors (Lipinski definition) is 7. The van der Waals surface area contributed by atoms with Crippen LogP contribution in [0.2, 0.25) is 0 Å². The molecule has 0 aromatic rings. The predicted octanol–water partition coefficient (Wildman–Crippen LogP) is -2.23. The summed E-state index contributed by atoms with van der Waals surface area (Å²) in [5.74, 6) is 0. The van der Waals surface area contributed by atoms with Gasteiger partial charge in [-0.3, -0.25) is 0 Å². The van der Waals surface area contributed by atoms with E-state index in [9.17, 15) is 0 Å². The summed E-state index contributed by atoms with van der Waals surface area (Å²) in [6.45, 7) is -3.01. The molecule has 0 aromatic carbocycles. The molecule has 0 aliphatic heterocycles. The van der Waals surface area contributed by atoms with Crippen molar-refractivity contribution in [3.8, 4) is 0 Å². The van der Waals surface area contributed by atoms with Crippen LogP contribution in [0.4, 0.5) is 0 Å². The minimum absolute atomic E-state index is 0. The summed E-state index contributed by atoms with van der Waals surface area (Å²) >= 11 is 0. The van der Waals surface area contributed by atoms with Crippen LogP contribution < -0.4 is 0 Å². The Balaban J connectivity index is -0.00000128. The number of rotatable bonds is 10. The molecule has 0 aromatic heterocycles. The van der Waals surface area contributed by atoms with E-state index in [1.165, 1.54) is 0 Å². The van der Waals surface area contributed by atoms with Crippen LogP contribution in [0.25, 0.3) is 0 Å². The van der Waals surface area contributed by atoms with Gasteiger partial charge in [0.1, 0.15) is 0 Å². The minimum atomic E-state index is -1.16. The second-order valence-corrected chi connectivity index (χ2v) is 4.44. The lowest BCUT2D eigenvalue weighted by molar-refractivity contribution is -0.103. The summed E-state index contributed by atoms with van der Waals surface area (Å²) < 4.78 is 5.15. The highest BCUT2D eigenvalue weighted by Gasteiger charge is 2.32. The second kappa shape index (κ2) is 12.1. The van der Waals surface area contributed by atoms with Crippen LogP contribution in [0.5, 0.6) is 0 Å². The topological polar surface area (TPSA) is 131 Å². The van der Waals surface area contributed by atoms with Gasteiger partial charge >= 0.3 is 0 Å². The Hall–Kier alpha value is 0.300. The molecule has 0 atom stereocenters. The maximum Gasteiger partial charge on any atom is 0.0629 e. The summed E-state index contributed by atoms with van der Waals surface area (Å²) in [6, 6.07) is 0. The highest BCUT2D eigenvalue weighted by molar-refractivity contribution is 5.85. The van der Waals surface area contributed by atoms with Crippen LogP contribution in [-0.4, -0.2) is 83.5 Å². The van der Waals surface area contributed by atoms with Crippen LogP contribution in [-0.2, 0) is 4.74 Å². The van der Waals surface area contributed by atoms with Crippen molar-refractivity contribution in [2.75, 3.05) is 52.9 Å². The third-order valence-electron chi connectivity index (χ3n) is 2.83. The third kappa shape index (κ3) is 7.03. The van der Waals surface area contributed by atoms with Gasteiger partial charge in [-0.05, 0) is 0 Å². The molecule has 0 fully saturated rings. The van der Waals surface area contributed by atoms with E-state index in [4.69, 9.17) is 35.4 Å². The molecule has 6 N–H and O–H groups in total. The molecular formula is C10H24Cl2O7. The number of aliphatic hydroxyl groups excluding tert-OH is 6. The SMILES string of the molecule is Cl.Cl.OCC(CO)(CO)COCC(CO)(CO)CO. The first kappa shape index (κ1) is 24.3. The van der Waals surface area contributed by atoms with Crippen LogP contribution in [0, 0.1) is 10.8 Å². The molecule has 0 rings (SSSR count). The van der Waals surface area contributed by atoms with Crippen LogP contribution in [0.15, 0.2) is 0 Å². The molecule has 0 aliphatic carbocycles. The Kier molecular flexibility index (Phi) is 15.5. The molecular weight excluding hydrogens is 303 g/mol. The first-order valence-corrected chi connectivity index (χ1v) is 5.30. The molecule has 0 saturated carbocycles. The average Bonchev–Trinajstić information content (AvgIpc) is 2.41. The van der Waals surface area contributed by atoms with Crippen LogP contribution in [0.1, 0.15) is 0 Å². The first-order chi connectivity index (χ1) is 8.07. The zero-order valence-electron chi connectivity index (χ0n) is 10.6. The lowest BCUT2D eigenvalue weighted by Crippen LogP contribution is -2.43. The van der Waals surface area contributed by atoms with Gasteiger partial charge in [-0.25, -0.2) is 0 Å². The number of aliphatic hydroxyl groups is 6. The van der Waals surface area contributed by atoms with Gasteiger partial charge in [0.2, 0.25) is 0 Å². The zero-order chi connectivity index (χ0) is 13.4. The smallest absolute Gasteiger partial charge is 0.0629 e. The van der Waals surface area contributed by atoms with Crippen LogP contribution >= 0.6 is 24.8 Å². The summed E-state index contributed by atoms with van der Waals surface area (Å²) in [5, 5.41) is 54.2. The molecule has 0 amide bonds. The average molecular weight is 327 g/mol. The standard InChI is InChI=1S/C10H22O7.2ClH/c11-1-9(2-12,3-13)7-17-8-10(4-14,5-15)6-16;;/h11-16H,1-8H2;2*1H. The van der Waals surface area contributed by atoms with Gasteiger partial charge in [-0.15, -0.1) is 24.8 Å². The van der Waals surface area contributed by atoms with E-state index in [0.29, 0.717) is 0 Å². The van der Waals surface area contributed by atoms with E-state index < -0.39 is 50.5 Å². The monoisotopic (exact) mass is 326 g/mol. The summed E-state index contributed by atoms with van der Waals surface area (Å²) in [5.41, 5.74) is -2.32. The van der Waals surface area contributed by atoms with Gasteiger partial charge in [0.15, 0.2) is 0 Å². The molecule has 0 spiro atoms. The van der Waals surface area contributed by atoms with Crippen molar-refractivity contribution >= 4 is 24.8 Å². The zero-order valence-corrected chi connectivity index (χ0v) is 12.2. The van der Waals surface area contributed by atoms with E-state index in [2.05, 4.69) is 0 Å². The normalized spacial score (nSPS) is 11.7. The molecule has 0 heterocycles. The van der Waals surface area contributed by atoms with Gasteiger partial charge in [0.25, 0.3) is 0 Å². The van der Waals surface area contributed by atoms with Gasteiger partial charge in [0, 0.05) is 0 Å². The molecule has 0 saturated heterocycles. The highest BCUT2D eigenvalue weighted by atomic mass is 35.5. The first-order valence-electron chi connectivity index (χ1n) is 5.30. The van der Waals surface area contributed by atoms with E-state index in [1.807, 2.05) is 0 Å². The lowest BCUT2D eigenvalue weighted by atomic mass is 9.91. The Bertz CT molecular complexity index is 162. The molecule has 0 bridgehead atoms. The largest absolute Gasteiger partial charge is 0.396 e. The Morgan fingerprint density at radius 1 is 0.526 bits per heavy atom. The molecule has 0 unspecified atom stereocenters. The summed E-state index contributed by atoms with van der Waals surface area (Å²) in [6.07, 6.45) is 0. The van der Waals surface area contributed by atoms with Crippen molar-refractivity contribution in [3.05, 3.63) is 0 Å². The number of halogens is 2. The summed E-state index contributed by atoms with van der Waals surface area (Å²) in [4.78, 5) is 0. The van der Waals surface area contributed by atoms with Crippen molar-refractivity contribution in [3.63, 3.8) is 0 Å². The van der Waals surface area contributed by atoms with Gasteiger partial charge in [-0.1, -0.05) is 0 Å². The highest BCUT2D eigenvalue weighted by Crippen LogP contribution is 2.19. The molecule has 9 heteroatoms. The number of hydrogen-bond donors (Lipinski definition) is 6. The lowest BCUT2D eigenvalue weighted by Gasteiger charge is -2.31. The van der Waals surface area contributed by atoms with E-state index in [1.54, 1.807) is 0 Å². The van der Waals surface area contributed by atoms with Gasteiger partial charge < -0.3 is 35.4 Å². The number of ether oxygens (including phenoxy) is 1. The summed E-state index contributed by atoms with van der Waals surface area (Å²) in [7, 11) is 0. The fraction of sp³-hybridized carbons (Fsp3) is 1.00. The third-order valence-corrected chi connectivity index (χ3v) is 2.83. The van der Waals surface area contributed by atoms with E-state index in [0.717, 1.165) is 0 Å². The fourth-order valence-electron chi connectivity index (χ4n) is 1.06. The Morgan fingerprint density at radius 3 is 0.895 bits per heavy atom. The molecule has 7 nitrogen and oxygen atoms in total. The van der Waals surface area contributed by atoms with E-state index >= 15 is 0 Å². The van der Waals surface area contributed by atoms with Crippen molar-refractivity contribution in [1.82, 2.24) is 0 Å². The minimum Gasteiger partial charge on any atom is -0.396 e. The maximum atomic E-state index is 9.03. The van der Waals surface area contributed by atoms with Gasteiger partial charge in [0.05, 0.1) is 63.7 Å². The molecule has 120 valence electrons. The van der Waals surface area contributed by atoms with Crippen LogP contribution in [0.3, 0.4) is 0 Å².